The van der Waals surface area contributed by atoms with Gasteiger partial charge >= 0.3 is 0 Å². The van der Waals surface area contributed by atoms with E-state index in [2.05, 4.69) is 0 Å². The zero-order valence-electron chi connectivity index (χ0n) is 14.6. The Morgan fingerprint density at radius 2 is 1.40 bits per heavy atom. The van der Waals surface area contributed by atoms with E-state index in [1.54, 1.807) is 51.7 Å². The number of hydrogen-bond acceptors (Lipinski definition) is 4. The van der Waals surface area contributed by atoms with Crippen molar-refractivity contribution in [3.8, 4) is 39.5 Å². The topological polar surface area (TPSA) is 27.7 Å². The molecule has 0 saturated heterocycles. The summed E-state index contributed by atoms with van der Waals surface area (Å²) in [5.41, 5.74) is 4.36. The van der Waals surface area contributed by atoms with Gasteiger partial charge in [0.25, 0.3) is 0 Å². The molecule has 0 spiro atoms. The molecule has 0 radical (unpaired) electrons. The fourth-order valence-corrected chi connectivity index (χ4v) is 3.61. The molecule has 0 N–H and O–H groups in total. The van der Waals surface area contributed by atoms with Gasteiger partial charge in [-0.15, -0.1) is 0 Å². The summed E-state index contributed by atoms with van der Waals surface area (Å²) >= 11 is 1.57. The van der Waals surface area contributed by atoms with Gasteiger partial charge in [-0.3, -0.25) is 0 Å². The minimum Gasteiger partial charge on any atom is -0.493 e. The monoisotopic (exact) mass is 358 g/mol. The van der Waals surface area contributed by atoms with Crippen molar-refractivity contribution in [3.05, 3.63) is 52.5 Å². The van der Waals surface area contributed by atoms with Crippen LogP contribution < -0.4 is 14.2 Å². The van der Waals surface area contributed by atoms with Crippen LogP contribution in [0.4, 0.5) is 4.39 Å². The second-order valence-corrected chi connectivity index (χ2v) is 6.32. The van der Waals surface area contributed by atoms with Crippen molar-refractivity contribution in [3.63, 3.8) is 0 Å². The maximum absolute atomic E-state index is 14.0. The van der Waals surface area contributed by atoms with Crippen LogP contribution in [0.15, 0.2) is 41.1 Å². The molecule has 1 aromatic heterocycles. The highest BCUT2D eigenvalue weighted by molar-refractivity contribution is 7.08. The van der Waals surface area contributed by atoms with Crippen LogP contribution in [-0.4, -0.2) is 21.3 Å². The Hall–Kier alpha value is -2.53. The normalized spacial score (nSPS) is 10.6. The van der Waals surface area contributed by atoms with E-state index >= 15 is 0 Å². The molecule has 0 saturated carbocycles. The van der Waals surface area contributed by atoms with Crippen LogP contribution in [0.3, 0.4) is 0 Å². The van der Waals surface area contributed by atoms with Gasteiger partial charge in [0, 0.05) is 11.1 Å². The van der Waals surface area contributed by atoms with Crippen molar-refractivity contribution in [1.82, 2.24) is 0 Å². The zero-order valence-corrected chi connectivity index (χ0v) is 15.4. The summed E-state index contributed by atoms with van der Waals surface area (Å²) in [4.78, 5) is 0. The van der Waals surface area contributed by atoms with E-state index < -0.39 is 0 Å². The molecule has 5 heteroatoms. The van der Waals surface area contributed by atoms with E-state index in [9.17, 15) is 4.39 Å². The number of aryl methyl sites for hydroxylation is 1. The van der Waals surface area contributed by atoms with E-state index in [1.165, 1.54) is 0 Å². The molecule has 3 aromatic rings. The third-order valence-electron chi connectivity index (χ3n) is 4.12. The summed E-state index contributed by atoms with van der Waals surface area (Å²) in [6.45, 7) is 1.76. The van der Waals surface area contributed by atoms with Crippen LogP contribution in [0.5, 0.6) is 17.2 Å². The molecule has 1 heterocycles. The van der Waals surface area contributed by atoms with Crippen LogP contribution in [0.1, 0.15) is 5.56 Å². The van der Waals surface area contributed by atoms with Crippen molar-refractivity contribution in [2.75, 3.05) is 21.3 Å². The zero-order chi connectivity index (χ0) is 18.0. The summed E-state index contributed by atoms with van der Waals surface area (Å²) in [7, 11) is 4.75. The Kier molecular flexibility index (Phi) is 4.95. The fraction of sp³-hybridized carbons (Fsp3) is 0.200. The molecule has 3 rings (SSSR count). The van der Waals surface area contributed by atoms with Gasteiger partial charge in [-0.2, -0.15) is 11.3 Å². The molecule has 3 nitrogen and oxygen atoms in total. The number of ether oxygens (including phenoxy) is 3. The molecular weight excluding hydrogens is 339 g/mol. The minimum absolute atomic E-state index is 0.209. The van der Waals surface area contributed by atoms with Crippen molar-refractivity contribution >= 4 is 11.3 Å². The van der Waals surface area contributed by atoms with Crippen LogP contribution in [0, 0.1) is 12.7 Å². The van der Waals surface area contributed by atoms with Crippen molar-refractivity contribution in [2.24, 2.45) is 0 Å². The Bertz CT molecular complexity index is 877. The molecule has 25 heavy (non-hydrogen) atoms. The summed E-state index contributed by atoms with van der Waals surface area (Å²) in [6.07, 6.45) is 0. The number of methoxy groups -OCH3 is 3. The highest BCUT2D eigenvalue weighted by atomic mass is 32.1. The molecule has 0 fully saturated rings. The van der Waals surface area contributed by atoms with Gasteiger partial charge in [-0.1, -0.05) is 12.1 Å². The van der Waals surface area contributed by atoms with E-state index in [4.69, 9.17) is 14.2 Å². The lowest BCUT2D eigenvalue weighted by atomic mass is 9.97. The number of hydrogen-bond donors (Lipinski definition) is 0. The maximum atomic E-state index is 14.0. The third-order valence-corrected chi connectivity index (χ3v) is 4.86. The Morgan fingerprint density at radius 3 is 1.92 bits per heavy atom. The second kappa shape index (κ2) is 7.15. The van der Waals surface area contributed by atoms with Crippen molar-refractivity contribution < 1.29 is 18.6 Å². The minimum atomic E-state index is -0.209. The molecular formula is C20H19FO3S. The van der Waals surface area contributed by atoms with Gasteiger partial charge in [0.1, 0.15) is 5.82 Å². The van der Waals surface area contributed by atoms with Crippen molar-refractivity contribution in [2.45, 2.75) is 6.92 Å². The number of halogens is 1. The third kappa shape index (κ3) is 3.20. The average Bonchev–Trinajstić information content (AvgIpc) is 3.12. The van der Waals surface area contributed by atoms with Gasteiger partial charge in [0.05, 0.1) is 21.3 Å². The molecule has 0 aliphatic rings. The molecule has 0 aliphatic heterocycles. The van der Waals surface area contributed by atoms with Crippen LogP contribution in [-0.2, 0) is 0 Å². The van der Waals surface area contributed by atoms with Crippen LogP contribution in [0.25, 0.3) is 22.3 Å². The first-order valence-electron chi connectivity index (χ1n) is 7.72. The average molecular weight is 358 g/mol. The number of thiophene rings is 1. The first-order valence-corrected chi connectivity index (χ1v) is 8.66. The second-order valence-electron chi connectivity index (χ2n) is 5.58. The van der Waals surface area contributed by atoms with E-state index in [0.29, 0.717) is 22.8 Å². The van der Waals surface area contributed by atoms with Gasteiger partial charge in [-0.25, -0.2) is 4.39 Å². The number of benzene rings is 2. The van der Waals surface area contributed by atoms with Gasteiger partial charge in [-0.05, 0) is 52.6 Å². The fourth-order valence-electron chi connectivity index (χ4n) is 2.74. The molecule has 0 aliphatic carbocycles. The predicted molar refractivity (Wildman–Crippen MR) is 99.5 cm³/mol. The Morgan fingerprint density at radius 1 is 0.800 bits per heavy atom. The molecule has 0 atom stereocenters. The molecule has 0 unspecified atom stereocenters. The lowest BCUT2D eigenvalue weighted by Gasteiger charge is -2.14. The SMILES string of the molecule is COc1cc(-c2cscc2-c2ccc(C)c(F)c2)cc(OC)c1OC. The first-order chi connectivity index (χ1) is 12.1. The maximum Gasteiger partial charge on any atom is 0.203 e. The summed E-state index contributed by atoms with van der Waals surface area (Å²) in [5, 5.41) is 4.05. The van der Waals surface area contributed by atoms with Crippen LogP contribution >= 0.6 is 11.3 Å². The predicted octanol–water partition coefficient (Wildman–Crippen LogP) is 5.56. The first kappa shape index (κ1) is 17.3. The van der Waals surface area contributed by atoms with E-state index in [0.717, 1.165) is 22.3 Å². The molecule has 0 bridgehead atoms. The van der Waals surface area contributed by atoms with Gasteiger partial charge in [0.2, 0.25) is 5.75 Å². The number of rotatable bonds is 5. The molecule has 0 amide bonds. The largest absolute Gasteiger partial charge is 0.493 e. The highest BCUT2D eigenvalue weighted by Gasteiger charge is 2.17. The van der Waals surface area contributed by atoms with Crippen molar-refractivity contribution in [1.29, 1.82) is 0 Å². The molecule has 130 valence electrons. The lowest BCUT2D eigenvalue weighted by molar-refractivity contribution is 0.324. The standard InChI is InChI=1S/C20H19FO3S/c1-12-5-6-13(7-17(12)21)15-10-25-11-16(15)14-8-18(22-2)20(24-4)19(9-14)23-3/h5-11H,1-4H3. The summed E-state index contributed by atoms with van der Waals surface area (Å²) in [5.74, 6) is 1.51. The van der Waals surface area contributed by atoms with Crippen LogP contribution in [0.2, 0.25) is 0 Å². The Balaban J connectivity index is 2.15. The van der Waals surface area contributed by atoms with E-state index in [-0.39, 0.29) is 5.82 Å². The smallest absolute Gasteiger partial charge is 0.203 e. The summed E-state index contributed by atoms with van der Waals surface area (Å²) < 4.78 is 30.2. The highest BCUT2D eigenvalue weighted by Crippen LogP contribution is 2.44. The quantitative estimate of drug-likeness (QED) is 0.598. The van der Waals surface area contributed by atoms with E-state index in [1.807, 2.05) is 29.0 Å². The molecule has 2 aromatic carbocycles. The van der Waals surface area contributed by atoms with Gasteiger partial charge in [0.15, 0.2) is 11.5 Å². The Labute approximate surface area is 150 Å². The summed E-state index contributed by atoms with van der Waals surface area (Å²) in [6, 6.07) is 9.09. The van der Waals surface area contributed by atoms with Gasteiger partial charge < -0.3 is 14.2 Å². The lowest BCUT2D eigenvalue weighted by Crippen LogP contribution is -1.95.